The van der Waals surface area contributed by atoms with Gasteiger partial charge in [-0.2, -0.15) is 0 Å². The number of ketones is 1. The van der Waals surface area contributed by atoms with Gasteiger partial charge in [0.05, 0.1) is 5.56 Å². The Morgan fingerprint density at radius 3 is 2.53 bits per heavy atom. The Labute approximate surface area is 99.9 Å². The number of para-hydroxylation sites is 1. The van der Waals surface area contributed by atoms with E-state index in [0.29, 0.717) is 12.2 Å². The van der Waals surface area contributed by atoms with Crippen LogP contribution in [0.2, 0.25) is 0 Å². The minimum atomic E-state index is 0.187. The fraction of sp³-hybridized carbons (Fsp3) is 0.133. The van der Waals surface area contributed by atoms with Gasteiger partial charge in [0.15, 0.2) is 5.78 Å². The van der Waals surface area contributed by atoms with Crippen molar-refractivity contribution in [3.63, 3.8) is 0 Å². The topological polar surface area (TPSA) is 26.3 Å². The molecule has 1 aliphatic carbocycles. The minimum Gasteiger partial charge on any atom is -0.457 e. The van der Waals surface area contributed by atoms with E-state index >= 15 is 0 Å². The molecule has 2 heteroatoms. The SMILES string of the molecule is O=C1CCc2cccc(Oc3ccccc3)c21. The standard InChI is InChI=1S/C15H12O2/c16-13-10-9-11-5-4-8-14(15(11)13)17-12-6-2-1-3-7-12/h1-8H,9-10H2. The highest BCUT2D eigenvalue weighted by molar-refractivity contribution is 6.02. The van der Waals surface area contributed by atoms with E-state index in [-0.39, 0.29) is 5.78 Å². The molecule has 0 saturated heterocycles. The fourth-order valence-corrected chi connectivity index (χ4v) is 2.18. The summed E-state index contributed by atoms with van der Waals surface area (Å²) in [6, 6.07) is 15.3. The van der Waals surface area contributed by atoms with Gasteiger partial charge in [-0.05, 0) is 30.2 Å². The summed E-state index contributed by atoms with van der Waals surface area (Å²) in [6.45, 7) is 0. The summed E-state index contributed by atoms with van der Waals surface area (Å²) in [5.74, 6) is 1.63. The lowest BCUT2D eigenvalue weighted by Gasteiger charge is -2.09. The van der Waals surface area contributed by atoms with Crippen LogP contribution in [0.25, 0.3) is 0 Å². The summed E-state index contributed by atoms with van der Waals surface area (Å²) in [5, 5.41) is 0. The first-order valence-electron chi connectivity index (χ1n) is 5.72. The molecule has 84 valence electrons. The second kappa shape index (κ2) is 4.06. The predicted octanol–water partition coefficient (Wildman–Crippen LogP) is 3.61. The van der Waals surface area contributed by atoms with Crippen LogP contribution in [0.15, 0.2) is 48.5 Å². The molecule has 0 radical (unpaired) electrons. The van der Waals surface area contributed by atoms with Crippen molar-refractivity contribution in [1.29, 1.82) is 0 Å². The first-order chi connectivity index (χ1) is 8.34. The number of carbonyl (C=O) groups is 1. The molecule has 0 spiro atoms. The van der Waals surface area contributed by atoms with Crippen molar-refractivity contribution < 1.29 is 9.53 Å². The maximum Gasteiger partial charge on any atom is 0.167 e. The van der Waals surface area contributed by atoms with Gasteiger partial charge >= 0.3 is 0 Å². The van der Waals surface area contributed by atoms with Crippen molar-refractivity contribution >= 4 is 5.78 Å². The summed E-state index contributed by atoms with van der Waals surface area (Å²) < 4.78 is 5.77. The van der Waals surface area contributed by atoms with Crippen LogP contribution >= 0.6 is 0 Å². The third-order valence-electron chi connectivity index (χ3n) is 2.98. The Morgan fingerprint density at radius 2 is 1.71 bits per heavy atom. The number of fused-ring (bicyclic) bond motifs is 1. The number of ether oxygens (including phenoxy) is 1. The van der Waals surface area contributed by atoms with Crippen LogP contribution in [0.1, 0.15) is 22.3 Å². The van der Waals surface area contributed by atoms with Crippen molar-refractivity contribution in [2.45, 2.75) is 12.8 Å². The van der Waals surface area contributed by atoms with E-state index in [1.54, 1.807) is 0 Å². The van der Waals surface area contributed by atoms with Crippen molar-refractivity contribution in [3.05, 3.63) is 59.7 Å². The highest BCUT2D eigenvalue weighted by Crippen LogP contribution is 2.33. The molecule has 0 aromatic heterocycles. The van der Waals surface area contributed by atoms with Crippen molar-refractivity contribution in [1.82, 2.24) is 0 Å². The zero-order valence-electron chi connectivity index (χ0n) is 9.35. The number of benzene rings is 2. The zero-order chi connectivity index (χ0) is 11.7. The predicted molar refractivity (Wildman–Crippen MR) is 65.6 cm³/mol. The Morgan fingerprint density at radius 1 is 0.882 bits per heavy atom. The van der Waals surface area contributed by atoms with Gasteiger partial charge in [-0.15, -0.1) is 0 Å². The van der Waals surface area contributed by atoms with E-state index in [2.05, 4.69) is 0 Å². The molecule has 0 atom stereocenters. The van der Waals surface area contributed by atoms with Crippen molar-refractivity contribution in [2.75, 3.05) is 0 Å². The lowest BCUT2D eigenvalue weighted by atomic mass is 10.1. The maximum atomic E-state index is 11.8. The number of aryl methyl sites for hydroxylation is 1. The molecule has 0 aliphatic heterocycles. The van der Waals surface area contributed by atoms with Gasteiger partial charge in [-0.1, -0.05) is 30.3 Å². The molecule has 3 rings (SSSR count). The third-order valence-corrected chi connectivity index (χ3v) is 2.98. The van der Waals surface area contributed by atoms with Crippen LogP contribution in [0, 0.1) is 0 Å². The van der Waals surface area contributed by atoms with Crippen LogP contribution < -0.4 is 4.74 Å². The molecular weight excluding hydrogens is 212 g/mol. The number of rotatable bonds is 2. The summed E-state index contributed by atoms with van der Waals surface area (Å²) in [6.07, 6.45) is 1.44. The van der Waals surface area contributed by atoms with Crippen LogP contribution in [0.3, 0.4) is 0 Å². The number of hydrogen-bond donors (Lipinski definition) is 0. The maximum absolute atomic E-state index is 11.8. The Bertz CT molecular complexity index is 558. The average molecular weight is 224 g/mol. The molecule has 0 N–H and O–H groups in total. The first-order valence-corrected chi connectivity index (χ1v) is 5.72. The molecule has 17 heavy (non-hydrogen) atoms. The molecule has 1 aliphatic rings. The Balaban J connectivity index is 2.00. The van der Waals surface area contributed by atoms with E-state index in [1.165, 1.54) is 0 Å². The fourth-order valence-electron chi connectivity index (χ4n) is 2.18. The molecule has 0 heterocycles. The minimum absolute atomic E-state index is 0.187. The highest BCUT2D eigenvalue weighted by atomic mass is 16.5. The third kappa shape index (κ3) is 1.82. The highest BCUT2D eigenvalue weighted by Gasteiger charge is 2.23. The normalized spacial score (nSPS) is 13.5. The smallest absolute Gasteiger partial charge is 0.167 e. The molecule has 2 nitrogen and oxygen atoms in total. The van der Waals surface area contributed by atoms with Gasteiger partial charge in [-0.25, -0.2) is 0 Å². The van der Waals surface area contributed by atoms with Gasteiger partial charge in [0, 0.05) is 6.42 Å². The molecule has 0 unspecified atom stereocenters. The zero-order valence-corrected chi connectivity index (χ0v) is 9.35. The van der Waals surface area contributed by atoms with Crippen molar-refractivity contribution in [2.24, 2.45) is 0 Å². The van der Waals surface area contributed by atoms with E-state index in [0.717, 1.165) is 23.3 Å². The molecule has 2 aromatic rings. The van der Waals surface area contributed by atoms with Crippen LogP contribution in [0.4, 0.5) is 0 Å². The van der Waals surface area contributed by atoms with E-state index < -0.39 is 0 Å². The second-order valence-electron chi connectivity index (χ2n) is 4.13. The number of Topliss-reactive ketones (excluding diaryl/α,β-unsaturated/α-hetero) is 1. The van der Waals surface area contributed by atoms with Gasteiger partial charge in [0.25, 0.3) is 0 Å². The van der Waals surface area contributed by atoms with Crippen molar-refractivity contribution in [3.8, 4) is 11.5 Å². The number of hydrogen-bond acceptors (Lipinski definition) is 2. The van der Waals surface area contributed by atoms with E-state index in [4.69, 9.17) is 4.74 Å². The van der Waals surface area contributed by atoms with Crippen LogP contribution in [-0.4, -0.2) is 5.78 Å². The van der Waals surface area contributed by atoms with E-state index in [9.17, 15) is 4.79 Å². The molecule has 0 amide bonds. The second-order valence-corrected chi connectivity index (χ2v) is 4.13. The lowest BCUT2D eigenvalue weighted by molar-refractivity contribution is 0.0992. The van der Waals surface area contributed by atoms with Gasteiger partial charge in [0.2, 0.25) is 0 Å². The quantitative estimate of drug-likeness (QED) is 0.779. The van der Waals surface area contributed by atoms with Crippen LogP contribution in [0.5, 0.6) is 11.5 Å². The molecule has 0 saturated carbocycles. The number of carbonyl (C=O) groups excluding carboxylic acids is 1. The van der Waals surface area contributed by atoms with E-state index in [1.807, 2.05) is 48.5 Å². The molecule has 0 fully saturated rings. The van der Waals surface area contributed by atoms with Crippen LogP contribution in [-0.2, 0) is 6.42 Å². The molecule has 2 aromatic carbocycles. The summed E-state index contributed by atoms with van der Waals surface area (Å²) in [4.78, 5) is 11.8. The largest absolute Gasteiger partial charge is 0.457 e. The van der Waals surface area contributed by atoms with Gasteiger partial charge in [-0.3, -0.25) is 4.79 Å². The Kier molecular flexibility index (Phi) is 2.41. The molecular formula is C15H12O2. The monoisotopic (exact) mass is 224 g/mol. The van der Waals surface area contributed by atoms with Gasteiger partial charge < -0.3 is 4.74 Å². The summed E-state index contributed by atoms with van der Waals surface area (Å²) >= 11 is 0. The lowest BCUT2D eigenvalue weighted by Crippen LogP contribution is -1.96. The first kappa shape index (κ1) is 10.1. The summed E-state index contributed by atoms with van der Waals surface area (Å²) in [7, 11) is 0. The Hall–Kier alpha value is -2.09. The summed E-state index contributed by atoms with van der Waals surface area (Å²) in [5.41, 5.74) is 1.86. The average Bonchev–Trinajstić information content (AvgIpc) is 2.74. The van der Waals surface area contributed by atoms with Gasteiger partial charge in [0.1, 0.15) is 11.5 Å². The molecule has 0 bridgehead atoms.